The van der Waals surface area contributed by atoms with E-state index in [0.29, 0.717) is 28.1 Å². The summed E-state index contributed by atoms with van der Waals surface area (Å²) in [7, 11) is 1.68. The smallest absolute Gasteiger partial charge is 0.338 e. The van der Waals surface area contributed by atoms with Gasteiger partial charge >= 0.3 is 12.0 Å². The monoisotopic (exact) mass is 397 g/mol. The molecule has 2 aromatic carbocycles. The Bertz CT molecular complexity index is 942. The zero-order valence-electron chi connectivity index (χ0n) is 15.4. The van der Waals surface area contributed by atoms with E-state index < -0.39 is 0 Å². The minimum atomic E-state index is -0.376. The number of carbonyl (C=O) groups excluding carboxylic acids is 2. The van der Waals surface area contributed by atoms with E-state index in [2.05, 4.69) is 10.3 Å². The maximum Gasteiger partial charge on any atom is 0.338 e. The summed E-state index contributed by atoms with van der Waals surface area (Å²) >= 11 is 1.20. The number of para-hydroxylation sites is 1. The Kier molecular flexibility index (Phi) is 6.23. The van der Waals surface area contributed by atoms with E-state index in [1.54, 1.807) is 38.2 Å². The summed E-state index contributed by atoms with van der Waals surface area (Å²) in [6, 6.07) is 15.6. The topological polar surface area (TPSA) is 80.8 Å². The van der Waals surface area contributed by atoms with Gasteiger partial charge in [0.05, 0.1) is 18.4 Å². The lowest BCUT2D eigenvalue weighted by molar-refractivity contribution is 0.0526. The van der Waals surface area contributed by atoms with Gasteiger partial charge in [-0.15, -0.1) is 0 Å². The second-order valence-corrected chi connectivity index (χ2v) is 6.65. The molecule has 0 atom stereocenters. The van der Waals surface area contributed by atoms with E-state index in [0.717, 1.165) is 5.69 Å². The van der Waals surface area contributed by atoms with Crippen LogP contribution in [-0.4, -0.2) is 30.6 Å². The van der Waals surface area contributed by atoms with Crippen molar-refractivity contribution in [3.8, 4) is 10.8 Å². The Morgan fingerprint density at radius 3 is 2.50 bits per heavy atom. The molecule has 3 rings (SSSR count). The van der Waals surface area contributed by atoms with Crippen molar-refractivity contribution in [2.75, 3.05) is 23.9 Å². The molecule has 7 nitrogen and oxygen atoms in total. The fourth-order valence-corrected chi connectivity index (χ4v) is 2.98. The molecule has 2 amide bonds. The highest BCUT2D eigenvalue weighted by atomic mass is 32.1. The lowest BCUT2D eigenvalue weighted by Gasteiger charge is -2.16. The number of hydrogen-bond acceptors (Lipinski definition) is 6. The molecule has 3 aromatic rings. The molecule has 1 aromatic heterocycles. The molecule has 0 spiro atoms. The highest BCUT2D eigenvalue weighted by molar-refractivity contribution is 7.17. The standard InChI is InChI=1S/C20H19N3O4S/c1-3-26-18(24)14-9-11-16(12-10-14)27-17-13-21-19(28-17)22-20(25)23(2)15-7-5-4-6-8-15/h4-13H,3H2,1-2H3,(H,21,22,25). The first-order valence-electron chi connectivity index (χ1n) is 8.57. The average Bonchev–Trinajstić information content (AvgIpc) is 3.15. The van der Waals surface area contributed by atoms with Gasteiger partial charge in [0, 0.05) is 12.7 Å². The van der Waals surface area contributed by atoms with Gasteiger partial charge in [0.15, 0.2) is 5.13 Å². The second-order valence-electron chi connectivity index (χ2n) is 5.66. The highest BCUT2D eigenvalue weighted by Gasteiger charge is 2.13. The molecular formula is C20H19N3O4S. The molecule has 0 fully saturated rings. The number of urea groups is 1. The molecule has 8 heteroatoms. The lowest BCUT2D eigenvalue weighted by Crippen LogP contribution is -2.30. The molecule has 0 saturated carbocycles. The van der Waals surface area contributed by atoms with Gasteiger partial charge in [-0.2, -0.15) is 0 Å². The number of esters is 1. The van der Waals surface area contributed by atoms with Gasteiger partial charge in [0.1, 0.15) is 5.75 Å². The zero-order chi connectivity index (χ0) is 19.9. The van der Waals surface area contributed by atoms with Crippen molar-refractivity contribution in [2.24, 2.45) is 0 Å². The number of ether oxygens (including phenoxy) is 2. The fourth-order valence-electron chi connectivity index (χ4n) is 2.30. The number of benzene rings is 2. The van der Waals surface area contributed by atoms with Gasteiger partial charge in [0.25, 0.3) is 0 Å². The summed E-state index contributed by atoms with van der Waals surface area (Å²) in [5.74, 6) is 0.176. The number of hydrogen-bond donors (Lipinski definition) is 1. The Morgan fingerprint density at radius 2 is 1.82 bits per heavy atom. The first kappa shape index (κ1) is 19.4. The summed E-state index contributed by atoms with van der Waals surface area (Å²) in [6.45, 7) is 2.08. The summed E-state index contributed by atoms with van der Waals surface area (Å²) < 4.78 is 10.7. The van der Waals surface area contributed by atoms with E-state index in [4.69, 9.17) is 9.47 Å². The average molecular weight is 397 g/mol. The van der Waals surface area contributed by atoms with Crippen LogP contribution in [0.2, 0.25) is 0 Å². The molecule has 144 valence electrons. The van der Waals surface area contributed by atoms with Crippen LogP contribution in [-0.2, 0) is 4.74 Å². The third kappa shape index (κ3) is 4.86. The molecule has 0 bridgehead atoms. The van der Waals surface area contributed by atoms with Crippen molar-refractivity contribution >= 4 is 34.2 Å². The summed E-state index contributed by atoms with van der Waals surface area (Å²) in [5, 5.41) is 3.68. The van der Waals surface area contributed by atoms with Gasteiger partial charge in [0.2, 0.25) is 5.06 Å². The van der Waals surface area contributed by atoms with E-state index in [9.17, 15) is 9.59 Å². The number of aromatic nitrogens is 1. The van der Waals surface area contributed by atoms with Crippen molar-refractivity contribution in [2.45, 2.75) is 6.92 Å². The first-order chi connectivity index (χ1) is 13.6. The molecule has 0 unspecified atom stereocenters. The Hall–Kier alpha value is -3.39. The third-order valence-electron chi connectivity index (χ3n) is 3.73. The summed E-state index contributed by atoms with van der Waals surface area (Å²) in [6.07, 6.45) is 1.53. The van der Waals surface area contributed by atoms with Crippen LogP contribution in [0, 0.1) is 0 Å². The second kappa shape index (κ2) is 9.01. The van der Waals surface area contributed by atoms with Crippen molar-refractivity contribution in [3.63, 3.8) is 0 Å². The van der Waals surface area contributed by atoms with Crippen LogP contribution >= 0.6 is 11.3 Å². The third-order valence-corrected chi connectivity index (χ3v) is 4.52. The first-order valence-corrected chi connectivity index (χ1v) is 9.39. The van der Waals surface area contributed by atoms with Crippen molar-refractivity contribution in [1.29, 1.82) is 0 Å². The zero-order valence-corrected chi connectivity index (χ0v) is 16.2. The predicted molar refractivity (Wildman–Crippen MR) is 108 cm³/mol. The Morgan fingerprint density at radius 1 is 1.11 bits per heavy atom. The van der Waals surface area contributed by atoms with Gasteiger partial charge in [-0.05, 0) is 43.3 Å². The molecule has 1 N–H and O–H groups in total. The molecule has 0 aliphatic heterocycles. The molecule has 0 aliphatic rings. The fraction of sp³-hybridized carbons (Fsp3) is 0.150. The number of nitrogens with zero attached hydrogens (tertiary/aromatic N) is 2. The van der Waals surface area contributed by atoms with Crippen molar-refractivity contribution in [1.82, 2.24) is 4.98 Å². The highest BCUT2D eigenvalue weighted by Crippen LogP contribution is 2.30. The van der Waals surface area contributed by atoms with E-state index in [-0.39, 0.29) is 12.0 Å². The van der Waals surface area contributed by atoms with Crippen LogP contribution in [0.1, 0.15) is 17.3 Å². The largest absolute Gasteiger partial charge is 0.462 e. The Balaban J connectivity index is 1.59. The van der Waals surface area contributed by atoms with E-state index >= 15 is 0 Å². The normalized spacial score (nSPS) is 10.2. The summed E-state index contributed by atoms with van der Waals surface area (Å²) in [5.41, 5.74) is 1.23. The van der Waals surface area contributed by atoms with E-state index in [1.165, 1.54) is 22.4 Å². The molecule has 1 heterocycles. The van der Waals surface area contributed by atoms with E-state index in [1.807, 2.05) is 30.3 Å². The number of amides is 2. The molecule has 0 aliphatic carbocycles. The van der Waals surface area contributed by atoms with Gasteiger partial charge < -0.3 is 9.47 Å². The van der Waals surface area contributed by atoms with Crippen molar-refractivity contribution in [3.05, 3.63) is 66.4 Å². The minimum Gasteiger partial charge on any atom is -0.462 e. The number of thiazole rings is 1. The lowest BCUT2D eigenvalue weighted by atomic mass is 10.2. The molecular weight excluding hydrogens is 378 g/mol. The number of rotatable bonds is 6. The van der Waals surface area contributed by atoms with Crippen molar-refractivity contribution < 1.29 is 19.1 Å². The maximum absolute atomic E-state index is 12.3. The predicted octanol–water partition coefficient (Wildman–Crippen LogP) is 4.78. The van der Waals surface area contributed by atoms with Crippen LogP contribution < -0.4 is 15.0 Å². The summed E-state index contributed by atoms with van der Waals surface area (Å²) in [4.78, 5) is 29.6. The number of anilines is 2. The van der Waals surface area contributed by atoms with Crippen LogP contribution in [0.15, 0.2) is 60.8 Å². The minimum absolute atomic E-state index is 0.300. The maximum atomic E-state index is 12.3. The SMILES string of the molecule is CCOC(=O)c1ccc(Oc2cnc(NC(=O)N(C)c3ccccc3)s2)cc1. The van der Waals surface area contributed by atoms with Gasteiger partial charge in [-0.25, -0.2) is 14.6 Å². The van der Waals surface area contributed by atoms with Crippen LogP contribution in [0.5, 0.6) is 10.8 Å². The molecule has 0 saturated heterocycles. The van der Waals surface area contributed by atoms with Crippen LogP contribution in [0.3, 0.4) is 0 Å². The van der Waals surface area contributed by atoms with Gasteiger partial charge in [-0.1, -0.05) is 29.5 Å². The van der Waals surface area contributed by atoms with Crippen LogP contribution in [0.4, 0.5) is 15.6 Å². The van der Waals surface area contributed by atoms with Crippen LogP contribution in [0.25, 0.3) is 0 Å². The molecule has 28 heavy (non-hydrogen) atoms. The number of carbonyl (C=O) groups is 2. The number of nitrogens with one attached hydrogen (secondary N) is 1. The van der Waals surface area contributed by atoms with Gasteiger partial charge in [-0.3, -0.25) is 10.2 Å². The Labute approximate surface area is 166 Å². The quantitative estimate of drug-likeness (QED) is 0.606. The molecule has 0 radical (unpaired) electrons.